The number of hydrogen-bond donors (Lipinski definition) is 0. The van der Waals surface area contributed by atoms with Crippen molar-refractivity contribution in [1.29, 1.82) is 0 Å². The van der Waals surface area contributed by atoms with Crippen molar-refractivity contribution >= 4 is 45.0 Å². The van der Waals surface area contributed by atoms with E-state index >= 15 is 4.39 Å². The molecule has 0 bridgehead atoms. The predicted molar refractivity (Wildman–Crippen MR) is 183 cm³/mol. The molecule has 0 N–H and O–H groups in total. The molecule has 4 aliphatic rings. The maximum absolute atomic E-state index is 16.8. The van der Waals surface area contributed by atoms with Crippen LogP contribution in [-0.2, 0) is 4.79 Å². The summed E-state index contributed by atoms with van der Waals surface area (Å²) in [6.45, 7) is 4.20. The molecule has 250 valence electrons. The van der Waals surface area contributed by atoms with E-state index in [1.165, 1.54) is 0 Å². The van der Waals surface area contributed by atoms with Crippen LogP contribution in [0, 0.1) is 5.82 Å². The quantitative estimate of drug-likeness (QED) is 0.238. The Morgan fingerprint density at radius 2 is 1.98 bits per heavy atom. The van der Waals surface area contributed by atoms with Gasteiger partial charge in [-0.2, -0.15) is 9.97 Å². The zero-order valence-electron chi connectivity index (χ0n) is 27.1. The van der Waals surface area contributed by atoms with Gasteiger partial charge in [0.15, 0.2) is 5.82 Å². The molecule has 0 spiro atoms. The lowest BCUT2D eigenvalue weighted by molar-refractivity contribution is -0.125. The van der Waals surface area contributed by atoms with Gasteiger partial charge in [0.2, 0.25) is 5.91 Å². The van der Waals surface area contributed by atoms with E-state index in [9.17, 15) is 9.18 Å². The number of hydrogen-bond acceptors (Lipinski definition) is 8. The lowest BCUT2D eigenvalue weighted by Crippen LogP contribution is -2.43. The Morgan fingerprint density at radius 3 is 2.79 bits per heavy atom. The van der Waals surface area contributed by atoms with Crippen LogP contribution in [0.4, 0.5) is 14.6 Å². The number of halogens is 3. The summed E-state index contributed by atoms with van der Waals surface area (Å²) in [7, 11) is 3.93. The number of carbonyl (C=O) groups is 1. The molecule has 1 unspecified atom stereocenters. The summed E-state index contributed by atoms with van der Waals surface area (Å²) < 4.78 is 37.6. The first-order chi connectivity index (χ1) is 23.2. The van der Waals surface area contributed by atoms with Crippen LogP contribution in [0.3, 0.4) is 0 Å². The zero-order chi connectivity index (χ0) is 33.2. The summed E-state index contributed by atoms with van der Waals surface area (Å²) in [5.74, 6) is -0.120. The summed E-state index contributed by atoms with van der Waals surface area (Å²) >= 11 is 6.62. The first kappa shape index (κ1) is 31.3. The Bertz CT molecular complexity index is 1950. The Kier molecular flexibility index (Phi) is 7.96. The van der Waals surface area contributed by atoms with E-state index < -0.39 is 17.5 Å². The lowest BCUT2D eigenvalue weighted by atomic mass is 9.95. The van der Waals surface area contributed by atoms with Gasteiger partial charge in [0, 0.05) is 80.5 Å². The van der Waals surface area contributed by atoms with E-state index in [1.807, 2.05) is 48.2 Å². The van der Waals surface area contributed by atoms with Gasteiger partial charge in [0.1, 0.15) is 29.8 Å². The minimum Gasteiger partial charge on any atom is -0.461 e. The van der Waals surface area contributed by atoms with E-state index in [2.05, 4.69) is 19.8 Å². The molecule has 0 saturated carbocycles. The molecule has 0 aliphatic carbocycles. The largest absolute Gasteiger partial charge is 0.461 e. The second-order valence-electron chi connectivity index (χ2n) is 13.8. The maximum Gasteiger partial charge on any atom is 0.319 e. The van der Waals surface area contributed by atoms with Gasteiger partial charge in [-0.05, 0) is 49.9 Å². The van der Waals surface area contributed by atoms with Crippen molar-refractivity contribution in [3.8, 4) is 17.3 Å². The van der Waals surface area contributed by atoms with Crippen LogP contribution in [0.15, 0.2) is 54.2 Å². The van der Waals surface area contributed by atoms with Crippen LogP contribution >= 0.6 is 11.6 Å². The number of fused-ring (bicyclic) bond motifs is 3. The number of alkyl halides is 1. The third-order valence-corrected chi connectivity index (χ3v) is 10.9. The van der Waals surface area contributed by atoms with Crippen molar-refractivity contribution in [3.05, 3.63) is 65.1 Å². The number of amides is 1. The Hall–Kier alpha value is -3.93. The summed E-state index contributed by atoms with van der Waals surface area (Å²) in [6, 6.07) is 11.1. The predicted octanol–water partition coefficient (Wildman–Crippen LogP) is 5.50. The van der Waals surface area contributed by atoms with Crippen LogP contribution < -0.4 is 9.64 Å². The molecule has 6 heterocycles. The fourth-order valence-electron chi connectivity index (χ4n) is 8.12. The highest BCUT2D eigenvalue weighted by Crippen LogP contribution is 2.41. The minimum absolute atomic E-state index is 0.0137. The van der Waals surface area contributed by atoms with Gasteiger partial charge in [-0.15, -0.1) is 0 Å². The second kappa shape index (κ2) is 12.2. The average molecular weight is 674 g/mol. The van der Waals surface area contributed by atoms with Gasteiger partial charge in [-0.1, -0.05) is 41.9 Å². The number of aromatic nitrogens is 3. The zero-order valence-corrected chi connectivity index (χ0v) is 27.9. The fraction of sp³-hybridized carbons (Fsp3) is 0.444. The van der Waals surface area contributed by atoms with Crippen molar-refractivity contribution in [3.63, 3.8) is 0 Å². The number of likely N-dealkylation sites (tertiary alicyclic amines) is 2. The topological polar surface area (TPSA) is 77.9 Å². The molecule has 9 nitrogen and oxygen atoms in total. The van der Waals surface area contributed by atoms with E-state index in [4.69, 9.17) is 21.3 Å². The van der Waals surface area contributed by atoms with Crippen LogP contribution in [0.1, 0.15) is 25.7 Å². The van der Waals surface area contributed by atoms with E-state index in [0.717, 1.165) is 49.9 Å². The van der Waals surface area contributed by atoms with Crippen molar-refractivity contribution in [2.75, 3.05) is 64.9 Å². The van der Waals surface area contributed by atoms with Crippen molar-refractivity contribution < 1.29 is 18.3 Å². The highest BCUT2D eigenvalue weighted by molar-refractivity contribution is 6.36. The van der Waals surface area contributed by atoms with Crippen LogP contribution in [0.5, 0.6) is 6.01 Å². The molecule has 2 aromatic heterocycles. The van der Waals surface area contributed by atoms with Crippen LogP contribution in [0.25, 0.3) is 32.9 Å². The van der Waals surface area contributed by atoms with Crippen molar-refractivity contribution in [1.82, 2.24) is 29.7 Å². The monoisotopic (exact) mass is 673 g/mol. The number of benzene rings is 2. The van der Waals surface area contributed by atoms with Gasteiger partial charge in [-0.3, -0.25) is 19.6 Å². The number of nitrogens with zero attached hydrogens (tertiary/aromatic N) is 7. The Balaban J connectivity index is 1.16. The molecule has 2 aromatic carbocycles. The fourth-order valence-corrected chi connectivity index (χ4v) is 8.40. The molecule has 4 aliphatic heterocycles. The number of ether oxygens (including phenoxy) is 1. The molecular formula is C36H38ClF2N7O2. The molecule has 3 atom stereocenters. The maximum atomic E-state index is 16.8. The molecule has 12 heteroatoms. The molecule has 4 saturated heterocycles. The summed E-state index contributed by atoms with van der Waals surface area (Å²) in [4.78, 5) is 35.3. The lowest BCUT2D eigenvalue weighted by Gasteiger charge is -2.31. The van der Waals surface area contributed by atoms with Crippen LogP contribution in [0.2, 0.25) is 5.02 Å². The number of rotatable bonds is 7. The second-order valence-corrected chi connectivity index (χ2v) is 14.2. The highest BCUT2D eigenvalue weighted by atomic mass is 35.5. The van der Waals surface area contributed by atoms with E-state index in [1.54, 1.807) is 24.4 Å². The minimum atomic E-state index is -0.902. The van der Waals surface area contributed by atoms with Gasteiger partial charge in [-0.25, -0.2) is 8.78 Å². The number of anilines is 1. The summed E-state index contributed by atoms with van der Waals surface area (Å²) in [5.41, 5.74) is 1.49. The third-order valence-electron chi connectivity index (χ3n) is 10.6. The SMILES string of the molecule is CN1CC(=CC(=O)N2CC[C@@H](N(C)c3nc(OCC45CCCN4C[C@H](F)C5)nc4c(F)c(-c5cccc6cccc(Cl)c56)ncc34)C2)C1. The molecule has 4 fully saturated rings. The third kappa shape index (κ3) is 5.45. The normalized spacial score (nSPS) is 24.4. The molecular weight excluding hydrogens is 636 g/mol. The summed E-state index contributed by atoms with van der Waals surface area (Å²) in [5, 5.41) is 2.51. The number of carbonyl (C=O) groups excluding carboxylic acids is 1. The first-order valence-electron chi connectivity index (χ1n) is 16.6. The number of pyridine rings is 1. The Labute approximate surface area is 283 Å². The molecule has 0 radical (unpaired) electrons. The Morgan fingerprint density at radius 1 is 1.17 bits per heavy atom. The van der Waals surface area contributed by atoms with Crippen molar-refractivity contribution in [2.24, 2.45) is 0 Å². The van der Waals surface area contributed by atoms with Gasteiger partial charge >= 0.3 is 6.01 Å². The van der Waals surface area contributed by atoms with Gasteiger partial charge < -0.3 is 14.5 Å². The standard InChI is InChI=1S/C36H38ClF2N7O2/c1-43-17-22(18-43)14-29(47)45-13-10-25(20-45)44(2)34-27-16-40-32(26-8-3-6-23-7-4-9-28(37)30(23)26)31(39)33(27)41-35(42-34)48-21-36-11-5-12-46(36)19-24(38)15-36/h3-4,6-9,14,16,24-25H,5,10-13,15,17-21H2,1-2H3/t24-,25-,36?/m1/s1. The average Bonchev–Trinajstić information content (AvgIpc) is 3.78. The smallest absolute Gasteiger partial charge is 0.319 e. The molecule has 8 rings (SSSR count). The molecule has 4 aromatic rings. The van der Waals surface area contributed by atoms with Gasteiger partial charge in [0.25, 0.3) is 0 Å². The summed E-state index contributed by atoms with van der Waals surface area (Å²) in [6.07, 6.45) is 5.39. The van der Waals surface area contributed by atoms with Crippen LogP contribution in [-0.4, -0.2) is 113 Å². The van der Waals surface area contributed by atoms with E-state index in [0.29, 0.717) is 53.2 Å². The molecule has 1 amide bonds. The van der Waals surface area contributed by atoms with Crippen molar-refractivity contribution in [2.45, 2.75) is 43.4 Å². The molecule has 48 heavy (non-hydrogen) atoms. The number of likely N-dealkylation sites (N-methyl/N-ethyl adjacent to an activating group) is 2. The van der Waals surface area contributed by atoms with Gasteiger partial charge in [0.05, 0.1) is 10.9 Å². The van der Waals surface area contributed by atoms with E-state index in [-0.39, 0.29) is 35.8 Å². The highest BCUT2D eigenvalue weighted by Gasteiger charge is 2.49. The first-order valence-corrected chi connectivity index (χ1v) is 17.0.